The first-order valence-electron chi connectivity index (χ1n) is 5.16. The second-order valence-electron chi connectivity index (χ2n) is 3.61. The van der Waals surface area contributed by atoms with Gasteiger partial charge in [-0.15, -0.1) is 0 Å². The van der Waals surface area contributed by atoms with Gasteiger partial charge in [-0.25, -0.2) is 14.8 Å². The van der Waals surface area contributed by atoms with Crippen molar-refractivity contribution in [3.05, 3.63) is 36.4 Å². The molecule has 1 unspecified atom stereocenters. The summed E-state index contributed by atoms with van der Waals surface area (Å²) in [5.41, 5.74) is 0.846. The molecule has 0 saturated heterocycles. The molecule has 8 heteroatoms. The van der Waals surface area contributed by atoms with Gasteiger partial charge in [0, 0.05) is 18.3 Å². The van der Waals surface area contributed by atoms with E-state index in [1.54, 1.807) is 0 Å². The first kappa shape index (κ1) is 11.8. The topological polar surface area (TPSA) is 124 Å². The fraction of sp³-hybridized carbons (Fsp3) is 0.200. The highest BCUT2D eigenvalue weighted by molar-refractivity contribution is 5.94. The van der Waals surface area contributed by atoms with Gasteiger partial charge in [-0.3, -0.25) is 4.79 Å². The van der Waals surface area contributed by atoms with Gasteiger partial charge in [0.25, 0.3) is 5.91 Å². The smallest absolute Gasteiger partial charge is 0.326 e. The highest BCUT2D eigenvalue weighted by Gasteiger charge is 2.22. The van der Waals surface area contributed by atoms with Crippen LogP contribution >= 0.6 is 0 Å². The molecule has 18 heavy (non-hydrogen) atoms. The van der Waals surface area contributed by atoms with Crippen LogP contribution in [0.25, 0.3) is 0 Å². The lowest BCUT2D eigenvalue weighted by Crippen LogP contribution is -2.42. The highest BCUT2D eigenvalue weighted by Crippen LogP contribution is 2.00. The fourth-order valence-electron chi connectivity index (χ4n) is 1.43. The molecule has 0 radical (unpaired) electrons. The molecule has 2 heterocycles. The summed E-state index contributed by atoms with van der Waals surface area (Å²) in [5.74, 6) is -1.63. The number of aromatic nitrogens is 4. The minimum atomic E-state index is -1.11. The van der Waals surface area contributed by atoms with Crippen LogP contribution in [-0.4, -0.2) is 43.0 Å². The zero-order valence-electron chi connectivity index (χ0n) is 9.25. The minimum Gasteiger partial charge on any atom is -0.480 e. The first-order chi connectivity index (χ1) is 8.66. The van der Waals surface area contributed by atoms with Crippen molar-refractivity contribution >= 4 is 11.9 Å². The molecule has 0 bridgehead atoms. The normalized spacial score (nSPS) is 12.0. The van der Waals surface area contributed by atoms with E-state index in [4.69, 9.17) is 5.11 Å². The van der Waals surface area contributed by atoms with Gasteiger partial charge in [0.05, 0.1) is 18.9 Å². The van der Waals surface area contributed by atoms with Crippen LogP contribution in [-0.2, 0) is 11.2 Å². The van der Waals surface area contributed by atoms with Crippen molar-refractivity contribution in [2.24, 2.45) is 0 Å². The van der Waals surface area contributed by atoms with Crippen LogP contribution in [0.2, 0.25) is 0 Å². The molecule has 0 aliphatic heterocycles. The summed E-state index contributed by atoms with van der Waals surface area (Å²) in [6, 6.07) is -1.03. The van der Waals surface area contributed by atoms with E-state index < -0.39 is 17.9 Å². The second-order valence-corrected chi connectivity index (χ2v) is 3.61. The van der Waals surface area contributed by atoms with Gasteiger partial charge in [0.2, 0.25) is 0 Å². The lowest BCUT2D eigenvalue weighted by molar-refractivity contribution is -0.139. The Kier molecular flexibility index (Phi) is 3.37. The summed E-state index contributed by atoms with van der Waals surface area (Å²) in [6.07, 6.45) is 5.77. The van der Waals surface area contributed by atoms with Gasteiger partial charge in [-0.2, -0.15) is 0 Å². The third kappa shape index (κ3) is 2.73. The quantitative estimate of drug-likeness (QED) is 0.571. The zero-order valence-corrected chi connectivity index (χ0v) is 9.25. The van der Waals surface area contributed by atoms with Gasteiger partial charge in [0.1, 0.15) is 11.7 Å². The Hall–Kier alpha value is -2.64. The van der Waals surface area contributed by atoms with E-state index in [-0.39, 0.29) is 12.1 Å². The molecule has 2 aromatic rings. The Labute approximate surface area is 101 Å². The monoisotopic (exact) mass is 249 g/mol. The van der Waals surface area contributed by atoms with E-state index in [2.05, 4.69) is 25.3 Å². The maximum Gasteiger partial charge on any atom is 0.326 e. The van der Waals surface area contributed by atoms with Gasteiger partial charge in [-0.05, 0) is 0 Å². The fourth-order valence-corrected chi connectivity index (χ4v) is 1.43. The summed E-state index contributed by atoms with van der Waals surface area (Å²) < 4.78 is 0. The van der Waals surface area contributed by atoms with Crippen LogP contribution in [0.3, 0.4) is 0 Å². The van der Waals surface area contributed by atoms with Crippen LogP contribution < -0.4 is 5.32 Å². The molecule has 0 saturated carbocycles. The van der Waals surface area contributed by atoms with E-state index in [1.807, 2.05) is 0 Å². The minimum absolute atomic E-state index is 0.134. The van der Waals surface area contributed by atoms with Crippen molar-refractivity contribution < 1.29 is 14.7 Å². The SMILES string of the molecule is O=C(NC(Cc1cnc[nH]1)C(=O)O)c1cnc[nH]1. The van der Waals surface area contributed by atoms with Crippen LogP contribution in [0.4, 0.5) is 0 Å². The van der Waals surface area contributed by atoms with E-state index in [1.165, 1.54) is 25.0 Å². The maximum atomic E-state index is 11.7. The van der Waals surface area contributed by atoms with Crippen molar-refractivity contribution in [1.29, 1.82) is 0 Å². The van der Waals surface area contributed by atoms with Crippen molar-refractivity contribution in [3.8, 4) is 0 Å². The number of aromatic amines is 2. The number of nitrogens with one attached hydrogen (secondary N) is 3. The number of amides is 1. The Morgan fingerprint density at radius 1 is 1.28 bits per heavy atom. The number of carboxylic acid groups (broad SMARTS) is 1. The average Bonchev–Trinajstić information content (AvgIpc) is 3.00. The van der Waals surface area contributed by atoms with Gasteiger partial charge >= 0.3 is 5.97 Å². The Bertz CT molecular complexity index is 520. The predicted molar refractivity (Wildman–Crippen MR) is 59.8 cm³/mol. The van der Waals surface area contributed by atoms with Crippen LogP contribution in [0.5, 0.6) is 0 Å². The van der Waals surface area contributed by atoms with Crippen molar-refractivity contribution in [1.82, 2.24) is 25.3 Å². The number of hydrogen-bond acceptors (Lipinski definition) is 4. The summed E-state index contributed by atoms with van der Waals surface area (Å²) in [7, 11) is 0. The largest absolute Gasteiger partial charge is 0.480 e. The Balaban J connectivity index is 2.03. The van der Waals surface area contributed by atoms with Crippen molar-refractivity contribution in [2.45, 2.75) is 12.5 Å². The van der Waals surface area contributed by atoms with Crippen LogP contribution in [0, 0.1) is 0 Å². The van der Waals surface area contributed by atoms with E-state index in [0.717, 1.165) is 0 Å². The molecular weight excluding hydrogens is 238 g/mol. The molecule has 0 aliphatic carbocycles. The van der Waals surface area contributed by atoms with E-state index in [0.29, 0.717) is 5.69 Å². The summed E-state index contributed by atoms with van der Waals surface area (Å²) in [6.45, 7) is 0. The molecule has 0 fully saturated rings. The first-order valence-corrected chi connectivity index (χ1v) is 5.16. The molecule has 1 amide bonds. The van der Waals surface area contributed by atoms with Gasteiger partial charge in [-0.1, -0.05) is 0 Å². The summed E-state index contributed by atoms with van der Waals surface area (Å²) in [5, 5.41) is 11.4. The number of carboxylic acids is 1. The number of imidazole rings is 2. The lowest BCUT2D eigenvalue weighted by Gasteiger charge is -2.12. The third-order valence-electron chi connectivity index (χ3n) is 2.33. The molecule has 0 aromatic carbocycles. The van der Waals surface area contributed by atoms with E-state index in [9.17, 15) is 9.59 Å². The van der Waals surface area contributed by atoms with Crippen LogP contribution in [0.15, 0.2) is 25.0 Å². The molecule has 1 atom stereocenters. The zero-order chi connectivity index (χ0) is 13.0. The molecule has 0 aliphatic rings. The highest BCUT2D eigenvalue weighted by atomic mass is 16.4. The lowest BCUT2D eigenvalue weighted by atomic mass is 10.1. The molecule has 0 spiro atoms. The molecule has 2 aromatic heterocycles. The van der Waals surface area contributed by atoms with Gasteiger partial charge < -0.3 is 20.4 Å². The number of carbonyl (C=O) groups is 2. The molecular formula is C10H11N5O3. The van der Waals surface area contributed by atoms with Crippen LogP contribution in [0.1, 0.15) is 16.2 Å². The Morgan fingerprint density at radius 3 is 2.56 bits per heavy atom. The second kappa shape index (κ2) is 5.13. The summed E-state index contributed by atoms with van der Waals surface area (Å²) >= 11 is 0. The number of aliphatic carboxylic acids is 1. The molecule has 8 nitrogen and oxygen atoms in total. The Morgan fingerprint density at radius 2 is 2.00 bits per heavy atom. The predicted octanol–water partition coefficient (Wildman–Crippen LogP) is -0.442. The third-order valence-corrected chi connectivity index (χ3v) is 2.33. The molecule has 4 N–H and O–H groups in total. The molecule has 2 rings (SSSR count). The number of H-pyrrole nitrogens is 2. The van der Waals surface area contributed by atoms with Gasteiger partial charge in [0.15, 0.2) is 0 Å². The maximum absolute atomic E-state index is 11.7. The van der Waals surface area contributed by atoms with E-state index >= 15 is 0 Å². The molecule has 94 valence electrons. The number of hydrogen-bond donors (Lipinski definition) is 4. The van der Waals surface area contributed by atoms with Crippen molar-refractivity contribution in [3.63, 3.8) is 0 Å². The number of rotatable bonds is 5. The number of nitrogens with zero attached hydrogens (tertiary/aromatic N) is 2. The number of carbonyl (C=O) groups excluding carboxylic acids is 1. The summed E-state index contributed by atoms with van der Waals surface area (Å²) in [4.78, 5) is 35.6. The average molecular weight is 249 g/mol. The standard InChI is InChI=1S/C10H11N5O3/c16-9(8-3-12-5-14-8)15-7(10(17)18)1-6-2-11-4-13-6/h2-5,7H,1H2,(H,11,13)(H,12,14)(H,15,16)(H,17,18). The van der Waals surface area contributed by atoms with Crippen molar-refractivity contribution in [2.75, 3.05) is 0 Å².